The molecule has 1 heterocycles. The third-order valence-electron chi connectivity index (χ3n) is 5.67. The highest BCUT2D eigenvalue weighted by atomic mass is 32.2. The number of amides is 1. The second-order valence-electron chi connectivity index (χ2n) is 8.20. The second-order valence-corrected chi connectivity index (χ2v) is 10.4. The highest BCUT2D eigenvalue weighted by Crippen LogP contribution is 2.39. The van der Waals surface area contributed by atoms with Crippen molar-refractivity contribution in [1.82, 2.24) is 4.90 Å². The van der Waals surface area contributed by atoms with Crippen LogP contribution < -0.4 is 10.5 Å². The van der Waals surface area contributed by atoms with Crippen LogP contribution in [0.5, 0.6) is 0 Å². The predicted octanol–water partition coefficient (Wildman–Crippen LogP) is 3.44. The average Bonchev–Trinajstić information content (AvgIpc) is 3.07. The normalized spacial score (nSPS) is 15.5. The Morgan fingerprint density at radius 2 is 1.42 bits per heavy atom. The van der Waals surface area contributed by atoms with E-state index in [2.05, 4.69) is 9.71 Å². The predicted molar refractivity (Wildman–Crippen MR) is 130 cm³/mol. The molecule has 33 heavy (non-hydrogen) atoms. The third-order valence-corrected chi connectivity index (χ3v) is 7.43. The van der Waals surface area contributed by atoms with Crippen LogP contribution in [0.1, 0.15) is 30.5 Å². The minimum Gasteiger partial charge on any atom is -0.369 e. The molecule has 0 radical (unpaired) electrons. The van der Waals surface area contributed by atoms with Crippen molar-refractivity contribution in [2.24, 2.45) is 10.7 Å². The van der Waals surface area contributed by atoms with E-state index in [1.54, 1.807) is 38.1 Å². The van der Waals surface area contributed by atoms with Gasteiger partial charge in [-0.25, -0.2) is 13.4 Å². The van der Waals surface area contributed by atoms with Crippen LogP contribution in [0.15, 0.2) is 89.9 Å². The molecule has 0 bridgehead atoms. The number of sulfonamides is 1. The second kappa shape index (κ2) is 8.71. The molecular formula is C25H26N4O3S. The fourth-order valence-electron chi connectivity index (χ4n) is 3.78. The van der Waals surface area contributed by atoms with Gasteiger partial charge in [0.2, 0.25) is 10.0 Å². The molecule has 8 heteroatoms. The molecule has 0 atom stereocenters. The van der Waals surface area contributed by atoms with Crippen molar-refractivity contribution in [3.63, 3.8) is 0 Å². The van der Waals surface area contributed by atoms with Gasteiger partial charge in [-0.2, -0.15) is 0 Å². The van der Waals surface area contributed by atoms with Crippen molar-refractivity contribution in [2.75, 3.05) is 4.72 Å². The lowest BCUT2D eigenvalue weighted by atomic mass is 9.83. The van der Waals surface area contributed by atoms with E-state index < -0.39 is 20.8 Å². The van der Waals surface area contributed by atoms with Crippen molar-refractivity contribution in [2.45, 2.75) is 31.2 Å². The SMILES string of the molecule is CC(C)S(=O)(=O)Nc1ccc(CN2C(=O)C(c3ccccc3)(c3ccccc3)N=C2N)cc1. The number of carbonyl (C=O) groups excluding carboxylic acids is 1. The van der Waals surface area contributed by atoms with Gasteiger partial charge in [-0.3, -0.25) is 14.4 Å². The van der Waals surface area contributed by atoms with Crippen molar-refractivity contribution in [3.8, 4) is 0 Å². The Balaban J connectivity index is 1.63. The van der Waals surface area contributed by atoms with E-state index >= 15 is 0 Å². The summed E-state index contributed by atoms with van der Waals surface area (Å²) in [6, 6.07) is 25.7. The first-order valence-electron chi connectivity index (χ1n) is 10.6. The minimum absolute atomic E-state index is 0.136. The summed E-state index contributed by atoms with van der Waals surface area (Å²) in [5.41, 5.74) is 7.77. The summed E-state index contributed by atoms with van der Waals surface area (Å²) < 4.78 is 26.7. The van der Waals surface area contributed by atoms with E-state index in [0.29, 0.717) is 5.69 Å². The summed E-state index contributed by atoms with van der Waals surface area (Å²) in [7, 11) is -3.43. The minimum atomic E-state index is -3.43. The van der Waals surface area contributed by atoms with Gasteiger partial charge in [-0.15, -0.1) is 0 Å². The molecule has 7 nitrogen and oxygen atoms in total. The molecule has 1 aliphatic rings. The topological polar surface area (TPSA) is 105 Å². The number of hydrogen-bond donors (Lipinski definition) is 2. The zero-order valence-electron chi connectivity index (χ0n) is 18.5. The number of nitrogens with two attached hydrogens (primary N) is 1. The highest BCUT2D eigenvalue weighted by Gasteiger charge is 2.50. The monoisotopic (exact) mass is 462 g/mol. The largest absolute Gasteiger partial charge is 0.369 e. The maximum absolute atomic E-state index is 13.8. The first-order chi connectivity index (χ1) is 15.7. The molecule has 1 amide bonds. The molecule has 0 aliphatic carbocycles. The van der Waals surface area contributed by atoms with Gasteiger partial charge in [-0.05, 0) is 42.7 Å². The maximum Gasteiger partial charge on any atom is 0.266 e. The zero-order valence-corrected chi connectivity index (χ0v) is 19.3. The van der Waals surface area contributed by atoms with Gasteiger partial charge in [0.15, 0.2) is 11.5 Å². The van der Waals surface area contributed by atoms with Crippen LogP contribution in [-0.4, -0.2) is 30.4 Å². The van der Waals surface area contributed by atoms with Gasteiger partial charge < -0.3 is 5.73 Å². The molecule has 0 spiro atoms. The van der Waals surface area contributed by atoms with E-state index in [1.807, 2.05) is 60.7 Å². The van der Waals surface area contributed by atoms with Gasteiger partial charge in [0.1, 0.15) is 0 Å². The van der Waals surface area contributed by atoms with Crippen LogP contribution in [0.3, 0.4) is 0 Å². The lowest BCUT2D eigenvalue weighted by Crippen LogP contribution is -2.43. The number of anilines is 1. The van der Waals surface area contributed by atoms with E-state index in [1.165, 1.54) is 4.90 Å². The number of guanidine groups is 1. The number of nitrogens with zero attached hydrogens (tertiary/aromatic N) is 2. The number of hydrogen-bond acceptors (Lipinski definition) is 5. The number of nitrogens with one attached hydrogen (secondary N) is 1. The molecule has 3 aromatic rings. The lowest BCUT2D eigenvalue weighted by molar-refractivity contribution is -0.130. The molecule has 0 saturated heterocycles. The van der Waals surface area contributed by atoms with Crippen molar-refractivity contribution in [3.05, 3.63) is 102 Å². The molecule has 4 rings (SSSR count). The summed E-state index contributed by atoms with van der Waals surface area (Å²) in [6.07, 6.45) is 0. The standard InChI is InChI=1S/C25H26N4O3S/c1-18(2)33(31,32)28-22-15-13-19(14-16-22)17-29-23(30)25(27-24(29)26,20-9-5-3-6-10-20)21-11-7-4-8-12-21/h3-16,18,28H,17H2,1-2H3,(H2,26,27). The molecule has 1 aliphatic heterocycles. The molecule has 0 unspecified atom stereocenters. The van der Waals surface area contributed by atoms with Crippen LogP contribution in [0, 0.1) is 0 Å². The smallest absolute Gasteiger partial charge is 0.266 e. The van der Waals surface area contributed by atoms with Gasteiger partial charge in [0.25, 0.3) is 5.91 Å². The molecule has 3 N–H and O–H groups in total. The molecule has 0 saturated carbocycles. The molecule has 3 aromatic carbocycles. The van der Waals surface area contributed by atoms with E-state index in [0.717, 1.165) is 16.7 Å². The first-order valence-corrected chi connectivity index (χ1v) is 12.2. The van der Waals surface area contributed by atoms with Crippen LogP contribution in [-0.2, 0) is 26.9 Å². The van der Waals surface area contributed by atoms with E-state index in [-0.39, 0.29) is 18.4 Å². The lowest BCUT2D eigenvalue weighted by Gasteiger charge is -2.27. The van der Waals surface area contributed by atoms with Gasteiger partial charge >= 0.3 is 0 Å². The number of aliphatic imine (C=N–C) groups is 1. The van der Waals surface area contributed by atoms with Gasteiger partial charge in [-0.1, -0.05) is 72.8 Å². The van der Waals surface area contributed by atoms with E-state index in [9.17, 15) is 13.2 Å². The van der Waals surface area contributed by atoms with Crippen LogP contribution in [0.25, 0.3) is 0 Å². The quantitative estimate of drug-likeness (QED) is 0.561. The fraction of sp³-hybridized carbons (Fsp3) is 0.200. The number of carbonyl (C=O) groups is 1. The van der Waals surface area contributed by atoms with Crippen LogP contribution in [0.4, 0.5) is 5.69 Å². The Bertz CT molecular complexity index is 1230. The summed E-state index contributed by atoms with van der Waals surface area (Å²) in [6.45, 7) is 3.44. The number of rotatable bonds is 7. The van der Waals surface area contributed by atoms with Crippen LogP contribution in [0.2, 0.25) is 0 Å². The van der Waals surface area contributed by atoms with Crippen molar-refractivity contribution >= 4 is 27.6 Å². The molecular weight excluding hydrogens is 436 g/mol. The molecule has 170 valence electrons. The summed E-state index contributed by atoms with van der Waals surface area (Å²) in [5, 5.41) is -0.542. The summed E-state index contributed by atoms with van der Waals surface area (Å²) >= 11 is 0. The maximum atomic E-state index is 13.8. The Morgan fingerprint density at radius 3 is 1.91 bits per heavy atom. The van der Waals surface area contributed by atoms with Gasteiger partial charge in [0, 0.05) is 5.69 Å². The van der Waals surface area contributed by atoms with Gasteiger partial charge in [0.05, 0.1) is 11.8 Å². The van der Waals surface area contributed by atoms with Crippen molar-refractivity contribution < 1.29 is 13.2 Å². The van der Waals surface area contributed by atoms with E-state index in [4.69, 9.17) is 5.73 Å². The Kier molecular flexibility index (Phi) is 5.95. The number of benzene rings is 3. The summed E-state index contributed by atoms with van der Waals surface area (Å²) in [5.74, 6) is -0.0979. The average molecular weight is 463 g/mol. The van der Waals surface area contributed by atoms with Crippen molar-refractivity contribution in [1.29, 1.82) is 0 Å². The molecule has 0 aromatic heterocycles. The highest BCUT2D eigenvalue weighted by molar-refractivity contribution is 7.93. The molecule has 0 fully saturated rings. The third kappa shape index (κ3) is 4.21. The summed E-state index contributed by atoms with van der Waals surface area (Å²) in [4.78, 5) is 20.0. The van der Waals surface area contributed by atoms with Crippen LogP contribution >= 0.6 is 0 Å². The zero-order chi connectivity index (χ0) is 23.6. The Labute approximate surface area is 194 Å². The Morgan fingerprint density at radius 1 is 0.909 bits per heavy atom. The first kappa shape index (κ1) is 22.5. The fourth-order valence-corrected chi connectivity index (χ4v) is 4.48. The Hall–Kier alpha value is -3.65.